The summed E-state index contributed by atoms with van der Waals surface area (Å²) >= 11 is 9.14. The fourth-order valence-corrected chi connectivity index (χ4v) is 5.90. The Morgan fingerprint density at radius 3 is 2.88 bits per heavy atom. The number of hydrogen-bond acceptors (Lipinski definition) is 7. The Morgan fingerprint density at radius 1 is 1.34 bits per heavy atom. The molecule has 3 aromatic rings. The average Bonchev–Trinajstić information content (AvgIpc) is 3.37. The van der Waals surface area contributed by atoms with E-state index in [0.29, 0.717) is 5.16 Å². The zero-order valence-corrected chi connectivity index (χ0v) is 20.0. The maximum absolute atomic E-state index is 12.5. The number of hydrogen-bond donors (Lipinski definition) is 1. The van der Waals surface area contributed by atoms with Gasteiger partial charge in [-0.25, -0.2) is 0 Å². The van der Waals surface area contributed by atoms with Crippen LogP contribution in [-0.4, -0.2) is 31.3 Å². The van der Waals surface area contributed by atoms with E-state index in [1.807, 2.05) is 0 Å². The zero-order valence-electron chi connectivity index (χ0n) is 17.6. The number of thiophene rings is 1. The first-order chi connectivity index (χ1) is 15.3. The Hall–Kier alpha value is -2.43. The van der Waals surface area contributed by atoms with Gasteiger partial charge in [-0.2, -0.15) is 0 Å². The van der Waals surface area contributed by atoms with Crippen molar-refractivity contribution in [1.29, 1.82) is 0 Å². The largest absolute Gasteiger partial charge is 0.324 e. The van der Waals surface area contributed by atoms with E-state index in [1.165, 1.54) is 53.2 Å². The maximum Gasteiger partial charge on any atom is 0.271 e. The maximum atomic E-state index is 12.5. The lowest BCUT2D eigenvalue weighted by atomic mass is 9.95. The van der Waals surface area contributed by atoms with E-state index in [9.17, 15) is 14.9 Å². The minimum absolute atomic E-state index is 0.0750. The number of carbonyl (C=O) groups is 1. The van der Waals surface area contributed by atoms with Gasteiger partial charge in [0.05, 0.1) is 21.4 Å². The Balaban J connectivity index is 1.51. The summed E-state index contributed by atoms with van der Waals surface area (Å²) in [6.45, 7) is 4.14. The molecule has 2 aromatic heterocycles. The van der Waals surface area contributed by atoms with Gasteiger partial charge in [-0.15, -0.1) is 21.5 Å². The Kier molecular flexibility index (Phi) is 6.82. The first kappa shape index (κ1) is 22.8. The molecular weight excluding hydrogens is 470 g/mol. The molecular formula is C21H22ClN5O3S2. The lowest BCUT2D eigenvalue weighted by molar-refractivity contribution is -0.384. The number of nitro benzene ring substituents is 1. The lowest BCUT2D eigenvalue weighted by Gasteiger charge is -2.16. The Morgan fingerprint density at radius 2 is 2.12 bits per heavy atom. The molecule has 32 heavy (non-hydrogen) atoms. The molecule has 11 heteroatoms. The van der Waals surface area contributed by atoms with Crippen LogP contribution in [0.15, 0.2) is 28.7 Å². The van der Waals surface area contributed by atoms with Crippen LogP contribution < -0.4 is 5.32 Å². The zero-order chi connectivity index (χ0) is 22.8. The fraction of sp³-hybridized carbons (Fsp3) is 0.381. The van der Waals surface area contributed by atoms with Crippen molar-refractivity contribution in [1.82, 2.24) is 14.8 Å². The number of fused-ring (bicyclic) bond motifs is 1. The van der Waals surface area contributed by atoms with Crippen LogP contribution in [0, 0.1) is 10.1 Å². The molecule has 0 spiro atoms. The first-order valence-corrected chi connectivity index (χ1v) is 12.5. The number of nitro groups is 1. The van der Waals surface area contributed by atoms with E-state index in [2.05, 4.69) is 39.3 Å². The van der Waals surface area contributed by atoms with Crippen molar-refractivity contribution in [2.45, 2.75) is 50.7 Å². The number of thioether (sulfide) groups is 1. The molecule has 0 saturated carbocycles. The van der Waals surface area contributed by atoms with Crippen molar-refractivity contribution in [3.63, 3.8) is 0 Å². The highest BCUT2D eigenvalue weighted by Gasteiger charge is 2.24. The van der Waals surface area contributed by atoms with Gasteiger partial charge in [-0.3, -0.25) is 19.5 Å². The highest BCUT2D eigenvalue weighted by atomic mass is 35.5. The van der Waals surface area contributed by atoms with Gasteiger partial charge < -0.3 is 5.32 Å². The summed E-state index contributed by atoms with van der Waals surface area (Å²) < 4.78 is 2.06. The normalized spacial score (nSPS) is 13.2. The predicted molar refractivity (Wildman–Crippen MR) is 128 cm³/mol. The second-order valence-electron chi connectivity index (χ2n) is 7.79. The van der Waals surface area contributed by atoms with Crippen molar-refractivity contribution < 1.29 is 9.72 Å². The minimum Gasteiger partial charge on any atom is -0.324 e. The molecule has 0 aliphatic heterocycles. The summed E-state index contributed by atoms with van der Waals surface area (Å²) in [4.78, 5) is 24.4. The van der Waals surface area contributed by atoms with E-state index in [1.54, 1.807) is 11.3 Å². The highest BCUT2D eigenvalue weighted by Crippen LogP contribution is 2.38. The average molecular weight is 492 g/mol. The predicted octanol–water partition coefficient (Wildman–Crippen LogP) is 5.76. The molecule has 0 unspecified atom stereocenters. The van der Waals surface area contributed by atoms with Gasteiger partial charge in [-0.05, 0) is 51.2 Å². The quantitative estimate of drug-likeness (QED) is 0.256. The van der Waals surface area contributed by atoms with Crippen molar-refractivity contribution in [3.8, 4) is 11.4 Å². The Labute approximate surface area is 198 Å². The number of benzene rings is 1. The SMILES string of the molecule is CC(C)n1c(SCC(=O)Nc2cc([N+](=O)[O-])ccc2Cl)nnc1-c1csc2c1CCCC2. The summed E-state index contributed by atoms with van der Waals surface area (Å²) in [5, 5.41) is 25.5. The number of carbonyl (C=O) groups excluding carboxylic acids is 1. The van der Waals surface area contributed by atoms with Gasteiger partial charge in [0.2, 0.25) is 5.91 Å². The van der Waals surface area contributed by atoms with Gasteiger partial charge in [-0.1, -0.05) is 23.4 Å². The molecule has 4 rings (SSSR count). The number of nitrogens with one attached hydrogen (secondary N) is 1. The molecule has 0 saturated heterocycles. The summed E-state index contributed by atoms with van der Waals surface area (Å²) in [5.74, 6) is 0.584. The smallest absolute Gasteiger partial charge is 0.271 e. The van der Waals surface area contributed by atoms with Crippen molar-refractivity contribution >= 4 is 52.0 Å². The molecule has 8 nitrogen and oxygen atoms in total. The van der Waals surface area contributed by atoms with Crippen LogP contribution in [0.4, 0.5) is 11.4 Å². The van der Waals surface area contributed by atoms with Crippen molar-refractivity contribution in [2.75, 3.05) is 11.1 Å². The second kappa shape index (κ2) is 9.60. The van der Waals surface area contributed by atoms with Gasteiger partial charge in [0.1, 0.15) is 0 Å². The summed E-state index contributed by atoms with van der Waals surface area (Å²) in [5.41, 5.74) is 2.60. The van der Waals surface area contributed by atoms with Crippen LogP contribution in [0.1, 0.15) is 43.2 Å². The van der Waals surface area contributed by atoms with E-state index in [4.69, 9.17) is 11.6 Å². The van der Waals surface area contributed by atoms with E-state index in [0.717, 1.165) is 24.2 Å². The van der Waals surface area contributed by atoms with Crippen LogP contribution in [0.5, 0.6) is 0 Å². The topological polar surface area (TPSA) is 103 Å². The summed E-state index contributed by atoms with van der Waals surface area (Å²) in [7, 11) is 0. The van der Waals surface area contributed by atoms with E-state index >= 15 is 0 Å². The fourth-order valence-electron chi connectivity index (χ4n) is 3.75. The van der Waals surface area contributed by atoms with Crippen LogP contribution in [0.25, 0.3) is 11.4 Å². The molecule has 0 radical (unpaired) electrons. The standard InChI is InChI=1S/C21H22ClN5O3S2/c1-12(2)26-20(15-10-31-18-6-4-3-5-14(15)18)24-25-21(26)32-11-19(28)23-17-9-13(27(29)30)7-8-16(17)22/h7-10,12H,3-6,11H2,1-2H3,(H,23,28). The van der Waals surface area contributed by atoms with Gasteiger partial charge >= 0.3 is 0 Å². The molecule has 0 atom stereocenters. The van der Waals surface area contributed by atoms with Crippen LogP contribution in [-0.2, 0) is 17.6 Å². The molecule has 2 heterocycles. The Bertz CT molecular complexity index is 1170. The number of halogens is 1. The van der Waals surface area contributed by atoms with Crippen LogP contribution in [0.2, 0.25) is 5.02 Å². The molecule has 0 fully saturated rings. The number of non-ortho nitro benzene ring substituents is 1. The van der Waals surface area contributed by atoms with E-state index < -0.39 is 4.92 Å². The third-order valence-corrected chi connectivity index (χ3v) is 7.61. The third kappa shape index (κ3) is 4.67. The molecule has 168 valence electrons. The number of aromatic nitrogens is 3. The number of amides is 1. The molecule has 1 aliphatic carbocycles. The van der Waals surface area contributed by atoms with Crippen molar-refractivity contribution in [3.05, 3.63) is 49.2 Å². The number of anilines is 1. The molecule has 1 aliphatic rings. The van der Waals surface area contributed by atoms with E-state index in [-0.39, 0.29) is 34.1 Å². The monoisotopic (exact) mass is 491 g/mol. The number of nitrogens with zero attached hydrogens (tertiary/aromatic N) is 4. The number of rotatable bonds is 7. The second-order valence-corrected chi connectivity index (χ2v) is 10.1. The number of aryl methyl sites for hydroxylation is 1. The van der Waals surface area contributed by atoms with Crippen LogP contribution >= 0.6 is 34.7 Å². The lowest BCUT2D eigenvalue weighted by Crippen LogP contribution is -2.15. The minimum atomic E-state index is -0.531. The molecule has 0 bridgehead atoms. The molecule has 1 aromatic carbocycles. The molecule has 1 N–H and O–H groups in total. The van der Waals surface area contributed by atoms with Crippen LogP contribution in [0.3, 0.4) is 0 Å². The van der Waals surface area contributed by atoms with Gasteiger partial charge in [0, 0.05) is 34.0 Å². The third-order valence-electron chi connectivity index (χ3n) is 5.25. The molecule has 1 amide bonds. The van der Waals surface area contributed by atoms with Crippen molar-refractivity contribution in [2.24, 2.45) is 0 Å². The first-order valence-electron chi connectivity index (χ1n) is 10.3. The van der Waals surface area contributed by atoms with Gasteiger partial charge in [0.25, 0.3) is 5.69 Å². The highest BCUT2D eigenvalue weighted by molar-refractivity contribution is 7.99. The van der Waals surface area contributed by atoms with Gasteiger partial charge in [0.15, 0.2) is 11.0 Å². The summed E-state index contributed by atoms with van der Waals surface area (Å²) in [6.07, 6.45) is 4.61. The summed E-state index contributed by atoms with van der Waals surface area (Å²) in [6, 6.07) is 4.06.